The Morgan fingerprint density at radius 3 is 2.94 bits per heavy atom. The van der Waals surface area contributed by atoms with Crippen LogP contribution in [0.25, 0.3) is 0 Å². The summed E-state index contributed by atoms with van der Waals surface area (Å²) in [7, 11) is 1.48. The van der Waals surface area contributed by atoms with Crippen molar-refractivity contribution in [2.24, 2.45) is 0 Å². The predicted octanol–water partition coefficient (Wildman–Crippen LogP) is 3.14. The van der Waals surface area contributed by atoms with E-state index < -0.39 is 0 Å². The highest BCUT2D eigenvalue weighted by Gasteiger charge is 2.21. The van der Waals surface area contributed by atoms with Crippen LogP contribution in [0.4, 0.5) is 10.1 Å². The Labute approximate surface area is 99.6 Å². The van der Waals surface area contributed by atoms with E-state index in [0.29, 0.717) is 17.0 Å². The van der Waals surface area contributed by atoms with Crippen molar-refractivity contribution in [2.45, 2.75) is 24.6 Å². The molecule has 2 atom stereocenters. The fraction of sp³-hybridized carbons (Fsp3) is 0.500. The van der Waals surface area contributed by atoms with Crippen LogP contribution in [0.15, 0.2) is 18.2 Å². The van der Waals surface area contributed by atoms with Crippen molar-refractivity contribution in [3.8, 4) is 5.75 Å². The summed E-state index contributed by atoms with van der Waals surface area (Å²) in [6.45, 7) is 2.23. The van der Waals surface area contributed by atoms with Gasteiger partial charge in [0.1, 0.15) is 0 Å². The molecule has 0 aliphatic carbocycles. The standard InChI is InChI=1S/C12H16FNOS/c1-8-5-10(7-16-8)14-9-3-4-11(13)12(6-9)15-2/h3-4,6,8,10,14H,5,7H2,1-2H3. The molecule has 4 heteroatoms. The third kappa shape index (κ3) is 2.61. The van der Waals surface area contributed by atoms with E-state index in [0.717, 1.165) is 17.9 Å². The molecular weight excluding hydrogens is 225 g/mol. The molecule has 0 spiro atoms. The van der Waals surface area contributed by atoms with Crippen molar-refractivity contribution < 1.29 is 9.13 Å². The van der Waals surface area contributed by atoms with Gasteiger partial charge in [0.25, 0.3) is 0 Å². The Balaban J connectivity index is 2.04. The first-order chi connectivity index (χ1) is 7.69. The van der Waals surface area contributed by atoms with Crippen LogP contribution in [0.5, 0.6) is 5.75 Å². The highest BCUT2D eigenvalue weighted by molar-refractivity contribution is 8.00. The van der Waals surface area contributed by atoms with Crippen LogP contribution >= 0.6 is 11.8 Å². The molecule has 1 heterocycles. The second-order valence-electron chi connectivity index (χ2n) is 4.07. The van der Waals surface area contributed by atoms with Gasteiger partial charge in [-0.15, -0.1) is 0 Å². The average molecular weight is 241 g/mol. The first kappa shape index (κ1) is 11.6. The van der Waals surface area contributed by atoms with Crippen molar-refractivity contribution in [1.29, 1.82) is 0 Å². The number of nitrogens with one attached hydrogen (secondary N) is 1. The predicted molar refractivity (Wildman–Crippen MR) is 66.9 cm³/mol. The lowest BCUT2D eigenvalue weighted by molar-refractivity contribution is 0.387. The molecule has 2 unspecified atom stereocenters. The van der Waals surface area contributed by atoms with Gasteiger partial charge in [-0.2, -0.15) is 11.8 Å². The number of anilines is 1. The van der Waals surface area contributed by atoms with Gasteiger partial charge in [0, 0.05) is 28.8 Å². The minimum absolute atomic E-state index is 0.295. The second-order valence-corrected chi connectivity index (χ2v) is 5.54. The monoisotopic (exact) mass is 241 g/mol. The lowest BCUT2D eigenvalue weighted by Gasteiger charge is -2.14. The van der Waals surface area contributed by atoms with Crippen LogP contribution in [-0.4, -0.2) is 24.2 Å². The van der Waals surface area contributed by atoms with Gasteiger partial charge < -0.3 is 10.1 Å². The summed E-state index contributed by atoms with van der Waals surface area (Å²) in [5.74, 6) is 1.09. The maximum absolute atomic E-state index is 13.2. The molecule has 88 valence electrons. The molecule has 1 saturated heterocycles. The van der Waals surface area contributed by atoms with E-state index in [4.69, 9.17) is 4.74 Å². The average Bonchev–Trinajstić information content (AvgIpc) is 2.67. The van der Waals surface area contributed by atoms with Gasteiger partial charge in [0.05, 0.1) is 7.11 Å². The molecule has 0 amide bonds. The molecule has 1 aliphatic rings. The number of benzene rings is 1. The minimum Gasteiger partial charge on any atom is -0.494 e. The van der Waals surface area contributed by atoms with Gasteiger partial charge in [-0.1, -0.05) is 6.92 Å². The van der Waals surface area contributed by atoms with Gasteiger partial charge in [0.15, 0.2) is 11.6 Å². The third-order valence-electron chi connectivity index (χ3n) is 2.72. The number of halogens is 1. The number of rotatable bonds is 3. The molecule has 0 bridgehead atoms. The zero-order valence-corrected chi connectivity index (χ0v) is 10.3. The number of hydrogen-bond acceptors (Lipinski definition) is 3. The molecule has 16 heavy (non-hydrogen) atoms. The zero-order chi connectivity index (χ0) is 11.5. The number of thioether (sulfide) groups is 1. The molecular formula is C12H16FNOS. The Kier molecular flexibility index (Phi) is 3.59. The fourth-order valence-electron chi connectivity index (χ4n) is 1.90. The highest BCUT2D eigenvalue weighted by atomic mass is 32.2. The Morgan fingerprint density at radius 1 is 1.50 bits per heavy atom. The number of methoxy groups -OCH3 is 1. The topological polar surface area (TPSA) is 21.3 Å². The Bertz CT molecular complexity index is 372. The summed E-state index contributed by atoms with van der Waals surface area (Å²) < 4.78 is 18.1. The number of hydrogen-bond donors (Lipinski definition) is 1. The summed E-state index contributed by atoms with van der Waals surface area (Å²) in [5.41, 5.74) is 0.929. The van der Waals surface area contributed by atoms with Crippen molar-refractivity contribution >= 4 is 17.4 Å². The van der Waals surface area contributed by atoms with Crippen LogP contribution in [0.2, 0.25) is 0 Å². The Hall–Kier alpha value is -0.900. The lowest BCUT2D eigenvalue weighted by Crippen LogP contribution is -2.18. The normalized spacial score (nSPS) is 24.4. The SMILES string of the molecule is COc1cc(NC2CSC(C)C2)ccc1F. The van der Waals surface area contributed by atoms with E-state index >= 15 is 0 Å². The summed E-state index contributed by atoms with van der Waals surface area (Å²) in [6, 6.07) is 5.39. The first-order valence-corrected chi connectivity index (χ1v) is 6.45. The maximum Gasteiger partial charge on any atom is 0.165 e. The number of ether oxygens (including phenoxy) is 1. The van der Waals surface area contributed by atoms with Crippen LogP contribution in [-0.2, 0) is 0 Å². The largest absolute Gasteiger partial charge is 0.494 e. The van der Waals surface area contributed by atoms with Gasteiger partial charge >= 0.3 is 0 Å². The van der Waals surface area contributed by atoms with Crippen molar-refractivity contribution in [2.75, 3.05) is 18.2 Å². The van der Waals surface area contributed by atoms with E-state index in [9.17, 15) is 4.39 Å². The highest BCUT2D eigenvalue weighted by Crippen LogP contribution is 2.29. The van der Waals surface area contributed by atoms with Gasteiger partial charge in [-0.25, -0.2) is 4.39 Å². The van der Waals surface area contributed by atoms with Crippen molar-refractivity contribution in [3.63, 3.8) is 0 Å². The van der Waals surface area contributed by atoms with Crippen LogP contribution in [0, 0.1) is 5.82 Å². The maximum atomic E-state index is 13.2. The fourth-order valence-corrected chi connectivity index (χ4v) is 3.05. The van der Waals surface area contributed by atoms with E-state index in [1.807, 2.05) is 11.8 Å². The second kappa shape index (κ2) is 4.95. The minimum atomic E-state index is -0.317. The molecule has 1 N–H and O–H groups in total. The molecule has 1 aliphatic heterocycles. The molecule has 1 aromatic rings. The summed E-state index contributed by atoms with van der Waals surface area (Å²) in [6.07, 6.45) is 1.16. The van der Waals surface area contributed by atoms with Crippen molar-refractivity contribution in [3.05, 3.63) is 24.0 Å². The Morgan fingerprint density at radius 2 is 2.31 bits per heavy atom. The van der Waals surface area contributed by atoms with Crippen molar-refractivity contribution in [1.82, 2.24) is 0 Å². The zero-order valence-electron chi connectivity index (χ0n) is 9.50. The molecule has 1 fully saturated rings. The lowest BCUT2D eigenvalue weighted by atomic mass is 10.2. The quantitative estimate of drug-likeness (QED) is 0.878. The van der Waals surface area contributed by atoms with Gasteiger partial charge in [0.2, 0.25) is 0 Å². The third-order valence-corrected chi connectivity index (χ3v) is 4.08. The molecule has 1 aromatic carbocycles. The van der Waals surface area contributed by atoms with Crippen LogP contribution in [0.3, 0.4) is 0 Å². The van der Waals surface area contributed by atoms with E-state index in [1.165, 1.54) is 13.2 Å². The summed E-state index contributed by atoms with van der Waals surface area (Å²) in [4.78, 5) is 0. The molecule has 0 aromatic heterocycles. The molecule has 0 saturated carbocycles. The van der Waals surface area contributed by atoms with Gasteiger partial charge in [-0.05, 0) is 18.6 Å². The van der Waals surface area contributed by atoms with Crippen LogP contribution < -0.4 is 10.1 Å². The molecule has 2 rings (SSSR count). The van der Waals surface area contributed by atoms with Gasteiger partial charge in [-0.3, -0.25) is 0 Å². The molecule has 0 radical (unpaired) electrons. The van der Waals surface area contributed by atoms with E-state index in [1.54, 1.807) is 12.1 Å². The van der Waals surface area contributed by atoms with E-state index in [-0.39, 0.29) is 5.82 Å². The van der Waals surface area contributed by atoms with E-state index in [2.05, 4.69) is 12.2 Å². The smallest absolute Gasteiger partial charge is 0.165 e. The first-order valence-electron chi connectivity index (χ1n) is 5.40. The summed E-state index contributed by atoms with van der Waals surface area (Å²) in [5, 5.41) is 4.11. The van der Waals surface area contributed by atoms with Crippen LogP contribution in [0.1, 0.15) is 13.3 Å². The molecule has 2 nitrogen and oxygen atoms in total. The summed E-state index contributed by atoms with van der Waals surface area (Å²) >= 11 is 1.97.